The third kappa shape index (κ3) is 4.76. The molecule has 4 rings (SSSR count). The molecule has 0 spiro atoms. The number of carbonyl (C=O) groups is 1. The van der Waals surface area contributed by atoms with Crippen LogP contribution in [-0.4, -0.2) is 71.6 Å². The van der Waals surface area contributed by atoms with Gasteiger partial charge in [0, 0.05) is 50.9 Å². The molecule has 2 aliphatic rings. The van der Waals surface area contributed by atoms with Crippen molar-refractivity contribution < 1.29 is 9.32 Å². The molecule has 3 heterocycles. The van der Waals surface area contributed by atoms with Gasteiger partial charge in [-0.15, -0.1) is 0 Å². The van der Waals surface area contributed by atoms with E-state index < -0.39 is 0 Å². The Balaban J connectivity index is 1.24. The van der Waals surface area contributed by atoms with Crippen molar-refractivity contribution in [2.24, 2.45) is 0 Å². The molecule has 1 aromatic carbocycles. The Labute approximate surface area is 160 Å². The first-order chi connectivity index (χ1) is 13.3. The van der Waals surface area contributed by atoms with E-state index in [-0.39, 0.29) is 0 Å². The molecule has 2 aliphatic heterocycles. The lowest BCUT2D eigenvalue weighted by molar-refractivity contribution is -0.133. The summed E-state index contributed by atoms with van der Waals surface area (Å²) in [6, 6.07) is 12.1. The van der Waals surface area contributed by atoms with Crippen LogP contribution in [0.3, 0.4) is 0 Å². The first-order valence-corrected chi connectivity index (χ1v) is 10.0. The lowest BCUT2D eigenvalue weighted by Gasteiger charge is -2.35. The van der Waals surface area contributed by atoms with Crippen LogP contribution >= 0.6 is 0 Å². The summed E-state index contributed by atoms with van der Waals surface area (Å²) in [5.74, 6) is 1.19. The molecule has 0 radical (unpaired) electrons. The van der Waals surface area contributed by atoms with Crippen molar-refractivity contribution in [1.82, 2.24) is 19.9 Å². The highest BCUT2D eigenvalue weighted by molar-refractivity contribution is 5.78. The highest BCUT2D eigenvalue weighted by Gasteiger charge is 2.23. The minimum absolute atomic E-state index is 0.297. The van der Waals surface area contributed by atoms with Crippen LogP contribution in [0.15, 0.2) is 40.9 Å². The van der Waals surface area contributed by atoms with E-state index >= 15 is 0 Å². The van der Waals surface area contributed by atoms with Gasteiger partial charge in [-0.2, -0.15) is 0 Å². The Morgan fingerprint density at radius 1 is 0.926 bits per heavy atom. The summed E-state index contributed by atoms with van der Waals surface area (Å²) in [7, 11) is 0. The SMILES string of the molecule is O=C(CN1CCN(Cc2cc(-c3ccccc3)no2)CC1)N1CCCCC1. The molecule has 6 nitrogen and oxygen atoms in total. The minimum Gasteiger partial charge on any atom is -0.359 e. The van der Waals surface area contributed by atoms with Gasteiger partial charge in [0.05, 0.1) is 13.1 Å². The Morgan fingerprint density at radius 2 is 1.63 bits per heavy atom. The van der Waals surface area contributed by atoms with E-state index in [1.165, 1.54) is 6.42 Å². The van der Waals surface area contributed by atoms with E-state index in [1.54, 1.807) is 0 Å². The molecule has 144 valence electrons. The van der Waals surface area contributed by atoms with Crippen LogP contribution in [0.2, 0.25) is 0 Å². The maximum absolute atomic E-state index is 12.4. The third-order valence-corrected chi connectivity index (χ3v) is 5.54. The molecular formula is C21H28N4O2. The smallest absolute Gasteiger partial charge is 0.236 e. The number of rotatable bonds is 5. The summed E-state index contributed by atoms with van der Waals surface area (Å²) < 4.78 is 5.53. The van der Waals surface area contributed by atoms with E-state index in [1.807, 2.05) is 41.3 Å². The van der Waals surface area contributed by atoms with E-state index in [0.717, 1.165) is 75.7 Å². The molecule has 6 heteroatoms. The van der Waals surface area contributed by atoms with Crippen molar-refractivity contribution in [1.29, 1.82) is 0 Å². The van der Waals surface area contributed by atoms with Gasteiger partial charge in [0.2, 0.25) is 5.91 Å². The zero-order valence-electron chi connectivity index (χ0n) is 15.8. The van der Waals surface area contributed by atoms with Gasteiger partial charge in [-0.3, -0.25) is 14.6 Å². The van der Waals surface area contributed by atoms with Crippen molar-refractivity contribution in [3.8, 4) is 11.3 Å². The average molecular weight is 368 g/mol. The number of nitrogens with zero attached hydrogens (tertiary/aromatic N) is 4. The highest BCUT2D eigenvalue weighted by atomic mass is 16.5. The Hall–Kier alpha value is -2.18. The molecule has 27 heavy (non-hydrogen) atoms. The Morgan fingerprint density at radius 3 is 2.37 bits per heavy atom. The monoisotopic (exact) mass is 368 g/mol. The fraction of sp³-hybridized carbons (Fsp3) is 0.524. The van der Waals surface area contributed by atoms with Crippen molar-refractivity contribution in [2.75, 3.05) is 45.8 Å². The lowest BCUT2D eigenvalue weighted by atomic mass is 10.1. The summed E-state index contributed by atoms with van der Waals surface area (Å²) in [5, 5.41) is 4.20. The van der Waals surface area contributed by atoms with Crippen LogP contribution in [0.4, 0.5) is 0 Å². The van der Waals surface area contributed by atoms with E-state index in [4.69, 9.17) is 4.52 Å². The molecule has 1 amide bonds. The maximum atomic E-state index is 12.4. The van der Waals surface area contributed by atoms with Crippen LogP contribution in [0.25, 0.3) is 11.3 Å². The lowest BCUT2D eigenvalue weighted by Crippen LogP contribution is -2.50. The number of benzene rings is 1. The zero-order valence-corrected chi connectivity index (χ0v) is 15.8. The summed E-state index contributed by atoms with van der Waals surface area (Å²) in [4.78, 5) is 19.1. The molecule has 2 saturated heterocycles. The molecule has 0 aliphatic carbocycles. The van der Waals surface area contributed by atoms with Crippen LogP contribution in [0, 0.1) is 0 Å². The van der Waals surface area contributed by atoms with Gasteiger partial charge in [-0.1, -0.05) is 35.5 Å². The molecule has 2 aromatic rings. The number of likely N-dealkylation sites (tertiary alicyclic amines) is 1. The fourth-order valence-corrected chi connectivity index (χ4v) is 3.89. The van der Waals surface area contributed by atoms with Crippen molar-refractivity contribution in [2.45, 2.75) is 25.8 Å². The first kappa shape index (κ1) is 18.2. The van der Waals surface area contributed by atoms with Gasteiger partial charge in [-0.05, 0) is 19.3 Å². The number of aromatic nitrogens is 1. The van der Waals surface area contributed by atoms with Crippen LogP contribution in [0.5, 0.6) is 0 Å². The number of amides is 1. The molecule has 0 unspecified atom stereocenters. The molecule has 0 saturated carbocycles. The number of piperidine rings is 1. The van der Waals surface area contributed by atoms with Gasteiger partial charge in [0.15, 0.2) is 5.76 Å². The topological polar surface area (TPSA) is 52.8 Å². The normalized spacial score (nSPS) is 19.3. The van der Waals surface area contributed by atoms with E-state index in [9.17, 15) is 4.79 Å². The van der Waals surface area contributed by atoms with Gasteiger partial charge in [0.1, 0.15) is 5.69 Å². The molecule has 1 aromatic heterocycles. The summed E-state index contributed by atoms with van der Waals surface area (Å²) >= 11 is 0. The number of hydrogen-bond acceptors (Lipinski definition) is 5. The first-order valence-electron chi connectivity index (χ1n) is 10.0. The quantitative estimate of drug-likeness (QED) is 0.812. The van der Waals surface area contributed by atoms with Crippen molar-refractivity contribution in [3.63, 3.8) is 0 Å². The second-order valence-electron chi connectivity index (χ2n) is 7.54. The largest absolute Gasteiger partial charge is 0.359 e. The van der Waals surface area contributed by atoms with Gasteiger partial charge >= 0.3 is 0 Å². The standard InChI is InChI=1S/C21H28N4O2/c26-21(25-9-5-2-6-10-25)17-24-13-11-23(12-14-24)16-19-15-20(22-27-19)18-7-3-1-4-8-18/h1,3-4,7-8,15H,2,5-6,9-14,16-17H2. The van der Waals surface area contributed by atoms with Crippen LogP contribution < -0.4 is 0 Å². The molecular weight excluding hydrogens is 340 g/mol. The van der Waals surface area contributed by atoms with Crippen LogP contribution in [-0.2, 0) is 11.3 Å². The summed E-state index contributed by atoms with van der Waals surface area (Å²) in [6.07, 6.45) is 3.57. The number of carbonyl (C=O) groups excluding carboxylic acids is 1. The van der Waals surface area contributed by atoms with Gasteiger partial charge < -0.3 is 9.42 Å². The predicted octanol–water partition coefficient (Wildman–Crippen LogP) is 2.47. The highest BCUT2D eigenvalue weighted by Crippen LogP contribution is 2.20. The third-order valence-electron chi connectivity index (χ3n) is 5.54. The second-order valence-corrected chi connectivity index (χ2v) is 7.54. The molecule has 0 N–H and O–H groups in total. The summed E-state index contributed by atoms with van der Waals surface area (Å²) in [6.45, 7) is 6.98. The molecule has 2 fully saturated rings. The Kier molecular flexibility index (Phi) is 5.84. The van der Waals surface area contributed by atoms with Gasteiger partial charge in [-0.25, -0.2) is 0 Å². The minimum atomic E-state index is 0.297. The average Bonchev–Trinajstić information content (AvgIpc) is 3.19. The van der Waals surface area contributed by atoms with Crippen molar-refractivity contribution >= 4 is 5.91 Å². The molecule has 0 bridgehead atoms. The van der Waals surface area contributed by atoms with E-state index in [2.05, 4.69) is 15.0 Å². The second kappa shape index (κ2) is 8.67. The van der Waals surface area contributed by atoms with Crippen molar-refractivity contribution in [3.05, 3.63) is 42.2 Å². The van der Waals surface area contributed by atoms with E-state index in [0.29, 0.717) is 12.5 Å². The fourth-order valence-electron chi connectivity index (χ4n) is 3.89. The van der Waals surface area contributed by atoms with Gasteiger partial charge in [0.25, 0.3) is 0 Å². The summed E-state index contributed by atoms with van der Waals surface area (Å²) in [5.41, 5.74) is 1.96. The Bertz CT molecular complexity index is 732. The number of piperazine rings is 1. The van der Waals surface area contributed by atoms with Crippen LogP contribution in [0.1, 0.15) is 25.0 Å². The predicted molar refractivity (Wildman–Crippen MR) is 104 cm³/mol. The number of hydrogen-bond donors (Lipinski definition) is 0. The zero-order chi connectivity index (χ0) is 18.5. The molecule has 0 atom stereocenters. The maximum Gasteiger partial charge on any atom is 0.236 e.